The van der Waals surface area contributed by atoms with E-state index in [2.05, 4.69) is 26.5 Å². The van der Waals surface area contributed by atoms with E-state index in [0.717, 1.165) is 50.5 Å². The minimum atomic E-state index is -1.35. The predicted molar refractivity (Wildman–Crippen MR) is 97.9 cm³/mol. The van der Waals surface area contributed by atoms with Gasteiger partial charge in [0.2, 0.25) is 0 Å². The van der Waals surface area contributed by atoms with Crippen LogP contribution in [-0.4, -0.2) is 27.7 Å². The molecule has 3 heteroatoms. The summed E-state index contributed by atoms with van der Waals surface area (Å²) in [5.41, 5.74) is 0.632. The van der Waals surface area contributed by atoms with E-state index in [1.807, 2.05) is 0 Å². The number of allylic oxidation sites excluding steroid dienone is 1. The SMILES string of the molecule is C=C1CC2C3CC=C4CC(O)CCC4(C)C3CCC2(C)C1(O)C(C)=O. The molecule has 0 heterocycles. The fraction of sp³-hybridized carbons (Fsp3) is 0.773. The second-order valence-electron chi connectivity index (χ2n) is 9.69. The molecule has 0 saturated heterocycles. The van der Waals surface area contributed by atoms with Crippen LogP contribution in [0.1, 0.15) is 65.7 Å². The van der Waals surface area contributed by atoms with E-state index in [9.17, 15) is 15.0 Å². The first-order valence-electron chi connectivity index (χ1n) is 9.94. The lowest BCUT2D eigenvalue weighted by molar-refractivity contribution is -0.153. The standard InChI is InChI=1S/C22H32O3/c1-13-11-19-17-6-5-15-12-16(24)7-9-20(15,3)18(17)8-10-21(19,4)22(13,25)14(2)23/h5,16-19,24-25H,1,6-12H2,2-4H3. The molecule has 3 fully saturated rings. The van der Waals surface area contributed by atoms with Crippen LogP contribution >= 0.6 is 0 Å². The van der Waals surface area contributed by atoms with Crippen molar-refractivity contribution in [3.8, 4) is 0 Å². The van der Waals surface area contributed by atoms with E-state index in [1.165, 1.54) is 12.5 Å². The zero-order valence-corrected chi connectivity index (χ0v) is 15.8. The minimum absolute atomic E-state index is 0.139. The summed E-state index contributed by atoms with van der Waals surface area (Å²) in [6.07, 6.45) is 8.71. The van der Waals surface area contributed by atoms with Crippen LogP contribution in [-0.2, 0) is 4.79 Å². The maximum absolute atomic E-state index is 12.4. The van der Waals surface area contributed by atoms with Crippen molar-refractivity contribution in [3.63, 3.8) is 0 Å². The highest BCUT2D eigenvalue weighted by Crippen LogP contribution is 2.68. The first-order chi connectivity index (χ1) is 11.6. The van der Waals surface area contributed by atoms with Crippen molar-refractivity contribution in [2.45, 2.75) is 77.4 Å². The molecular weight excluding hydrogens is 312 g/mol. The maximum Gasteiger partial charge on any atom is 0.166 e. The summed E-state index contributed by atoms with van der Waals surface area (Å²) in [4.78, 5) is 12.4. The van der Waals surface area contributed by atoms with Gasteiger partial charge in [0.15, 0.2) is 5.78 Å². The van der Waals surface area contributed by atoms with E-state index in [0.29, 0.717) is 17.8 Å². The number of carbonyl (C=O) groups is 1. The fourth-order valence-corrected chi connectivity index (χ4v) is 7.26. The van der Waals surface area contributed by atoms with E-state index >= 15 is 0 Å². The van der Waals surface area contributed by atoms with Crippen molar-refractivity contribution in [1.29, 1.82) is 0 Å². The molecule has 25 heavy (non-hydrogen) atoms. The summed E-state index contributed by atoms with van der Waals surface area (Å²) in [6, 6.07) is 0. The quantitative estimate of drug-likeness (QED) is 0.712. The van der Waals surface area contributed by atoms with Gasteiger partial charge in [0.25, 0.3) is 0 Å². The van der Waals surface area contributed by atoms with Crippen LogP contribution in [0, 0.1) is 28.6 Å². The second kappa shape index (κ2) is 5.29. The summed E-state index contributed by atoms with van der Waals surface area (Å²) in [5.74, 6) is 1.29. The van der Waals surface area contributed by atoms with Gasteiger partial charge in [-0.15, -0.1) is 0 Å². The Morgan fingerprint density at radius 1 is 1.20 bits per heavy atom. The van der Waals surface area contributed by atoms with Crippen LogP contribution in [0.25, 0.3) is 0 Å². The van der Waals surface area contributed by atoms with Crippen LogP contribution in [0.4, 0.5) is 0 Å². The smallest absolute Gasteiger partial charge is 0.166 e. The van der Waals surface area contributed by atoms with Gasteiger partial charge in [0, 0.05) is 5.41 Å². The first-order valence-corrected chi connectivity index (χ1v) is 9.94. The Labute approximate surface area is 151 Å². The van der Waals surface area contributed by atoms with Crippen molar-refractivity contribution in [1.82, 2.24) is 0 Å². The van der Waals surface area contributed by atoms with Crippen LogP contribution in [0.3, 0.4) is 0 Å². The Bertz CT molecular complexity index is 664. The number of hydrogen-bond acceptors (Lipinski definition) is 3. The topological polar surface area (TPSA) is 57.5 Å². The molecule has 4 rings (SSSR count). The van der Waals surface area contributed by atoms with Crippen molar-refractivity contribution in [3.05, 3.63) is 23.8 Å². The Morgan fingerprint density at radius 2 is 1.92 bits per heavy atom. The Hall–Kier alpha value is -0.930. The monoisotopic (exact) mass is 344 g/mol. The molecule has 138 valence electrons. The number of ketones is 1. The second-order valence-corrected chi connectivity index (χ2v) is 9.69. The van der Waals surface area contributed by atoms with Gasteiger partial charge in [-0.25, -0.2) is 0 Å². The third kappa shape index (κ3) is 2.03. The Balaban J connectivity index is 1.73. The number of fused-ring (bicyclic) bond motifs is 5. The van der Waals surface area contributed by atoms with Gasteiger partial charge < -0.3 is 10.2 Å². The first kappa shape index (κ1) is 17.5. The van der Waals surface area contributed by atoms with Crippen LogP contribution in [0.5, 0.6) is 0 Å². The van der Waals surface area contributed by atoms with Crippen molar-refractivity contribution >= 4 is 5.78 Å². The van der Waals surface area contributed by atoms with Crippen LogP contribution < -0.4 is 0 Å². The zero-order chi connectivity index (χ0) is 18.2. The molecule has 0 aromatic heterocycles. The summed E-state index contributed by atoms with van der Waals surface area (Å²) >= 11 is 0. The highest BCUT2D eigenvalue weighted by Gasteiger charge is 2.66. The van der Waals surface area contributed by atoms with Crippen molar-refractivity contribution in [2.75, 3.05) is 0 Å². The normalized spacial score (nSPS) is 52.0. The average Bonchev–Trinajstić information content (AvgIpc) is 2.77. The average molecular weight is 344 g/mol. The molecule has 3 nitrogen and oxygen atoms in total. The molecule has 0 spiro atoms. The summed E-state index contributed by atoms with van der Waals surface area (Å²) in [7, 11) is 0. The molecule has 0 amide bonds. The van der Waals surface area contributed by atoms with Crippen LogP contribution in [0.15, 0.2) is 23.8 Å². The largest absolute Gasteiger partial charge is 0.393 e. The van der Waals surface area contributed by atoms with Crippen molar-refractivity contribution < 1.29 is 15.0 Å². The number of hydrogen-bond donors (Lipinski definition) is 2. The molecule has 0 aromatic rings. The molecule has 7 atom stereocenters. The van der Waals surface area contributed by atoms with Gasteiger partial charge in [-0.1, -0.05) is 32.1 Å². The van der Waals surface area contributed by atoms with Crippen LogP contribution in [0.2, 0.25) is 0 Å². The fourth-order valence-electron chi connectivity index (χ4n) is 7.26. The highest BCUT2D eigenvalue weighted by molar-refractivity contribution is 5.90. The van der Waals surface area contributed by atoms with Gasteiger partial charge in [-0.2, -0.15) is 0 Å². The third-order valence-electron chi connectivity index (χ3n) is 8.78. The lowest BCUT2D eigenvalue weighted by atomic mass is 9.46. The number of aliphatic hydroxyl groups is 2. The summed E-state index contributed by atoms with van der Waals surface area (Å²) in [6.45, 7) is 10.2. The van der Waals surface area contributed by atoms with E-state index < -0.39 is 5.60 Å². The molecule has 0 bridgehead atoms. The number of aliphatic hydroxyl groups excluding tert-OH is 1. The van der Waals surface area contributed by atoms with Crippen molar-refractivity contribution in [2.24, 2.45) is 28.6 Å². The predicted octanol–water partition coefficient (Wildman–Crippen LogP) is 3.80. The van der Waals surface area contributed by atoms with E-state index in [1.54, 1.807) is 0 Å². The van der Waals surface area contributed by atoms with Gasteiger partial charge in [0.05, 0.1) is 6.10 Å². The van der Waals surface area contributed by atoms with Gasteiger partial charge in [-0.05, 0) is 80.6 Å². The molecule has 4 aliphatic rings. The van der Waals surface area contributed by atoms with Gasteiger partial charge >= 0.3 is 0 Å². The Morgan fingerprint density at radius 3 is 2.60 bits per heavy atom. The molecular formula is C22H32O3. The highest BCUT2D eigenvalue weighted by atomic mass is 16.3. The zero-order valence-electron chi connectivity index (χ0n) is 15.8. The molecule has 7 unspecified atom stereocenters. The third-order valence-corrected chi connectivity index (χ3v) is 8.78. The number of Topliss-reactive ketones (excluding diaryl/α,β-unsaturated/α-hetero) is 1. The molecule has 3 saturated carbocycles. The molecule has 0 radical (unpaired) electrons. The number of rotatable bonds is 1. The molecule has 0 aliphatic heterocycles. The molecule has 4 aliphatic carbocycles. The maximum atomic E-state index is 12.4. The molecule has 0 aromatic carbocycles. The Kier molecular flexibility index (Phi) is 3.70. The van der Waals surface area contributed by atoms with Gasteiger partial charge in [-0.3, -0.25) is 4.79 Å². The van der Waals surface area contributed by atoms with Gasteiger partial charge in [0.1, 0.15) is 5.60 Å². The molecule has 2 N–H and O–H groups in total. The van der Waals surface area contributed by atoms with E-state index in [4.69, 9.17) is 0 Å². The summed E-state index contributed by atoms with van der Waals surface area (Å²) in [5, 5.41) is 21.4. The minimum Gasteiger partial charge on any atom is -0.393 e. The lowest BCUT2D eigenvalue weighted by Crippen LogP contribution is -2.57. The van der Waals surface area contributed by atoms with E-state index in [-0.39, 0.29) is 22.7 Å². The number of carbonyl (C=O) groups excluding carboxylic acids is 1. The lowest BCUT2D eigenvalue weighted by Gasteiger charge is -2.58. The summed E-state index contributed by atoms with van der Waals surface area (Å²) < 4.78 is 0.